The van der Waals surface area contributed by atoms with E-state index in [1.807, 2.05) is 36.4 Å². The van der Waals surface area contributed by atoms with Gasteiger partial charge in [-0.15, -0.1) is 0 Å². The number of fused-ring (bicyclic) bond motifs is 1. The molecule has 0 unspecified atom stereocenters. The molecule has 0 spiro atoms. The van der Waals surface area contributed by atoms with Crippen LogP contribution in [0.1, 0.15) is 17.0 Å². The van der Waals surface area contributed by atoms with Gasteiger partial charge in [0.15, 0.2) is 11.5 Å². The maximum absolute atomic E-state index is 12.9. The van der Waals surface area contributed by atoms with Crippen LogP contribution in [-0.2, 0) is 6.61 Å². The molecule has 0 bridgehead atoms. The second kappa shape index (κ2) is 10.2. The summed E-state index contributed by atoms with van der Waals surface area (Å²) in [6.45, 7) is 2.13. The van der Waals surface area contributed by atoms with Gasteiger partial charge in [-0.1, -0.05) is 53.9 Å². The molecule has 168 valence electrons. The second-order valence-electron chi connectivity index (χ2n) is 7.12. The Morgan fingerprint density at radius 2 is 1.76 bits per heavy atom. The average molecular weight is 636 g/mol. The van der Waals surface area contributed by atoms with Crippen molar-refractivity contribution >= 4 is 64.9 Å². The quantitative estimate of drug-likeness (QED) is 0.228. The lowest BCUT2D eigenvalue weighted by Gasteiger charge is -2.12. The zero-order valence-electron chi connectivity index (χ0n) is 17.7. The molecule has 0 saturated heterocycles. The molecule has 33 heavy (non-hydrogen) atoms. The van der Waals surface area contributed by atoms with Crippen molar-refractivity contribution in [3.8, 4) is 11.5 Å². The fourth-order valence-electron chi connectivity index (χ4n) is 3.20. The summed E-state index contributed by atoms with van der Waals surface area (Å²) in [6.07, 6.45) is 1.59. The Morgan fingerprint density at radius 1 is 1.00 bits per heavy atom. The Kier molecular flexibility index (Phi) is 7.31. The van der Waals surface area contributed by atoms with Gasteiger partial charge in [-0.3, -0.25) is 4.79 Å². The predicted octanol–water partition coefficient (Wildman–Crippen LogP) is 6.46. The molecule has 0 atom stereocenters. The topological polar surface area (TPSA) is 65.7 Å². The van der Waals surface area contributed by atoms with Crippen LogP contribution < -0.4 is 15.0 Å². The number of halogens is 3. The number of aryl methyl sites for hydroxylation is 1. The first kappa shape index (κ1) is 23.7. The molecule has 6 nitrogen and oxygen atoms in total. The number of nitrogens with zero attached hydrogens (tertiary/aromatic N) is 3. The Labute approximate surface area is 215 Å². The maximum Gasteiger partial charge on any atom is 0.282 e. The van der Waals surface area contributed by atoms with Crippen molar-refractivity contribution in [1.82, 2.24) is 9.66 Å². The highest BCUT2D eigenvalue weighted by Gasteiger charge is 2.10. The van der Waals surface area contributed by atoms with Gasteiger partial charge in [0.25, 0.3) is 5.56 Å². The Morgan fingerprint density at radius 3 is 2.52 bits per heavy atom. The molecule has 0 N–H and O–H groups in total. The van der Waals surface area contributed by atoms with Gasteiger partial charge in [-0.05, 0) is 61.0 Å². The summed E-state index contributed by atoms with van der Waals surface area (Å²) < 4.78 is 15.5. The van der Waals surface area contributed by atoms with Crippen LogP contribution in [0.3, 0.4) is 0 Å². The summed E-state index contributed by atoms with van der Waals surface area (Å²) in [5.41, 5.74) is 2.16. The Bertz CT molecular complexity index is 1430. The third kappa shape index (κ3) is 5.37. The minimum Gasteiger partial charge on any atom is -0.493 e. The van der Waals surface area contributed by atoms with E-state index in [4.69, 9.17) is 9.47 Å². The monoisotopic (exact) mass is 633 g/mol. The summed E-state index contributed by atoms with van der Waals surface area (Å²) in [4.78, 5) is 17.4. The Hall–Kier alpha value is -2.49. The number of methoxy groups -OCH3 is 1. The lowest BCUT2D eigenvalue weighted by atomic mass is 10.2. The molecule has 0 aliphatic heterocycles. The van der Waals surface area contributed by atoms with Crippen molar-refractivity contribution < 1.29 is 9.47 Å². The summed E-state index contributed by atoms with van der Waals surface area (Å²) in [6, 6.07) is 16.8. The van der Waals surface area contributed by atoms with Gasteiger partial charge in [0.05, 0.1) is 24.2 Å². The van der Waals surface area contributed by atoms with Gasteiger partial charge in [0.2, 0.25) is 0 Å². The molecule has 9 heteroatoms. The van der Waals surface area contributed by atoms with E-state index < -0.39 is 0 Å². The summed E-state index contributed by atoms with van der Waals surface area (Å²) >= 11 is 10.4. The second-order valence-corrected chi connectivity index (χ2v) is 9.80. The smallest absolute Gasteiger partial charge is 0.282 e. The van der Waals surface area contributed by atoms with Crippen LogP contribution in [-0.4, -0.2) is 23.0 Å². The minimum atomic E-state index is -0.234. The van der Waals surface area contributed by atoms with Gasteiger partial charge in [0.1, 0.15) is 12.4 Å². The normalized spacial score (nSPS) is 11.3. The molecule has 0 aliphatic carbocycles. The van der Waals surface area contributed by atoms with Gasteiger partial charge < -0.3 is 9.47 Å². The largest absolute Gasteiger partial charge is 0.493 e. The fourth-order valence-corrected chi connectivity index (χ4v) is 4.72. The van der Waals surface area contributed by atoms with Crippen molar-refractivity contribution in [2.75, 3.05) is 7.11 Å². The van der Waals surface area contributed by atoms with Crippen molar-refractivity contribution in [3.63, 3.8) is 0 Å². The van der Waals surface area contributed by atoms with Crippen LogP contribution in [0.15, 0.2) is 77.9 Å². The van der Waals surface area contributed by atoms with E-state index in [9.17, 15) is 4.79 Å². The zero-order chi connectivity index (χ0) is 23.5. The van der Waals surface area contributed by atoms with Crippen molar-refractivity contribution in [1.29, 1.82) is 0 Å². The molecule has 4 rings (SSSR count). The SMILES string of the molecule is COc1cc(C=Nn2c(C)nc3ccc(Br)cc3c2=O)ccc1OCc1ccc(Br)cc1Br. The molecule has 0 saturated carbocycles. The van der Waals surface area contributed by atoms with Crippen LogP contribution in [0.5, 0.6) is 11.5 Å². The maximum atomic E-state index is 12.9. The van der Waals surface area contributed by atoms with E-state index in [1.54, 1.807) is 38.4 Å². The minimum absolute atomic E-state index is 0.234. The van der Waals surface area contributed by atoms with Crippen LogP contribution in [0, 0.1) is 6.92 Å². The van der Waals surface area contributed by atoms with Crippen LogP contribution in [0.2, 0.25) is 0 Å². The summed E-state index contributed by atoms with van der Waals surface area (Å²) in [5, 5.41) is 4.86. The number of hydrogen-bond donors (Lipinski definition) is 0. The molecule has 1 heterocycles. The van der Waals surface area contributed by atoms with Crippen molar-refractivity contribution in [3.05, 3.63) is 95.3 Å². The highest BCUT2D eigenvalue weighted by Crippen LogP contribution is 2.30. The lowest BCUT2D eigenvalue weighted by molar-refractivity contribution is 0.284. The molecule has 3 aromatic carbocycles. The zero-order valence-corrected chi connectivity index (χ0v) is 22.4. The summed E-state index contributed by atoms with van der Waals surface area (Å²) in [7, 11) is 1.58. The number of aromatic nitrogens is 2. The van der Waals surface area contributed by atoms with E-state index in [1.165, 1.54) is 4.68 Å². The average Bonchev–Trinajstić information content (AvgIpc) is 2.79. The first-order chi connectivity index (χ1) is 15.9. The first-order valence-electron chi connectivity index (χ1n) is 9.84. The molecular weight excluding hydrogens is 618 g/mol. The van der Waals surface area contributed by atoms with Crippen LogP contribution in [0.25, 0.3) is 10.9 Å². The Balaban J connectivity index is 1.58. The number of ether oxygens (including phenoxy) is 2. The van der Waals surface area contributed by atoms with E-state index in [0.717, 1.165) is 24.5 Å². The predicted molar refractivity (Wildman–Crippen MR) is 141 cm³/mol. The molecule has 1 aromatic heterocycles. The molecular formula is C24H18Br3N3O3. The third-order valence-corrected chi connectivity index (χ3v) is 6.60. The first-order valence-corrected chi connectivity index (χ1v) is 12.2. The van der Waals surface area contributed by atoms with Gasteiger partial charge in [-0.2, -0.15) is 9.78 Å². The standard InChI is InChI=1S/C24H18Br3N3O3/c1-14-29-21-7-6-17(25)10-19(21)24(31)30(14)28-12-15-3-8-22(23(9-15)32-2)33-13-16-4-5-18(26)11-20(16)27/h3-12H,13H2,1-2H3. The number of rotatable bonds is 6. The number of hydrogen-bond acceptors (Lipinski definition) is 5. The van der Waals surface area contributed by atoms with Gasteiger partial charge in [-0.25, -0.2) is 4.98 Å². The van der Waals surface area contributed by atoms with E-state index in [-0.39, 0.29) is 5.56 Å². The molecule has 0 fully saturated rings. The van der Waals surface area contributed by atoms with Crippen molar-refractivity contribution in [2.45, 2.75) is 13.5 Å². The van der Waals surface area contributed by atoms with Crippen LogP contribution in [0.4, 0.5) is 0 Å². The fraction of sp³-hybridized carbons (Fsp3) is 0.125. The van der Waals surface area contributed by atoms with Crippen molar-refractivity contribution in [2.24, 2.45) is 5.10 Å². The molecule has 0 aliphatic rings. The third-order valence-electron chi connectivity index (χ3n) is 4.88. The van der Waals surface area contributed by atoms with E-state index >= 15 is 0 Å². The molecule has 4 aromatic rings. The van der Waals surface area contributed by atoms with E-state index in [0.29, 0.717) is 34.8 Å². The van der Waals surface area contributed by atoms with Crippen LogP contribution >= 0.6 is 47.8 Å². The lowest BCUT2D eigenvalue weighted by Crippen LogP contribution is -2.20. The van der Waals surface area contributed by atoms with E-state index in [2.05, 4.69) is 57.9 Å². The number of benzene rings is 3. The highest BCUT2D eigenvalue weighted by molar-refractivity contribution is 9.11. The van der Waals surface area contributed by atoms with Gasteiger partial charge in [0, 0.05) is 19.0 Å². The van der Waals surface area contributed by atoms with Gasteiger partial charge >= 0.3 is 0 Å². The molecule has 0 radical (unpaired) electrons. The highest BCUT2D eigenvalue weighted by atomic mass is 79.9. The summed E-state index contributed by atoms with van der Waals surface area (Å²) in [5.74, 6) is 1.67. The molecule has 0 amide bonds.